The molecule has 0 spiro atoms. The second-order valence-electron chi connectivity index (χ2n) is 5.82. The highest BCUT2D eigenvalue weighted by atomic mass is 32.1. The van der Waals surface area contributed by atoms with E-state index in [4.69, 9.17) is 15.6 Å². The van der Waals surface area contributed by atoms with Crippen molar-refractivity contribution in [2.45, 2.75) is 38.5 Å². The van der Waals surface area contributed by atoms with E-state index in [0.717, 1.165) is 41.8 Å². The van der Waals surface area contributed by atoms with Crippen LogP contribution in [0.4, 0.5) is 0 Å². The zero-order chi connectivity index (χ0) is 14.1. The fraction of sp³-hybridized carbons (Fsp3) is 0.769. The van der Waals surface area contributed by atoms with Gasteiger partial charge in [-0.15, -0.1) is 10.2 Å². The van der Waals surface area contributed by atoms with Crippen molar-refractivity contribution in [1.29, 1.82) is 0 Å². The average Bonchev–Trinajstić information content (AvgIpc) is 3.10. The van der Waals surface area contributed by atoms with E-state index in [0.29, 0.717) is 24.3 Å². The largest absolute Gasteiger partial charge is 0.381 e. The van der Waals surface area contributed by atoms with Gasteiger partial charge in [-0.2, -0.15) is 9.61 Å². The Morgan fingerprint density at radius 2 is 2.30 bits per heavy atom. The summed E-state index contributed by atoms with van der Waals surface area (Å²) in [7, 11) is 0. The Bertz CT molecular complexity index is 572. The number of rotatable bonds is 5. The molecule has 0 saturated carbocycles. The standard InChI is InChI=1S/C13H21N5OS/c1-8(2)5-10(6-14)12-17-18-11(9-3-4-19-7-9)15-16-13(18)20-12/h8-10H,3-7,14H2,1-2H3. The van der Waals surface area contributed by atoms with Gasteiger partial charge in [0.15, 0.2) is 5.82 Å². The molecule has 2 aromatic heterocycles. The number of hydrogen-bond donors (Lipinski definition) is 1. The van der Waals surface area contributed by atoms with Crippen LogP contribution in [-0.4, -0.2) is 39.6 Å². The Kier molecular flexibility index (Phi) is 4.00. The summed E-state index contributed by atoms with van der Waals surface area (Å²) in [6.07, 6.45) is 2.06. The molecule has 6 nitrogen and oxygen atoms in total. The summed E-state index contributed by atoms with van der Waals surface area (Å²) < 4.78 is 7.32. The van der Waals surface area contributed by atoms with Crippen molar-refractivity contribution < 1.29 is 4.74 Å². The highest BCUT2D eigenvalue weighted by Gasteiger charge is 2.26. The van der Waals surface area contributed by atoms with Gasteiger partial charge in [-0.1, -0.05) is 25.2 Å². The van der Waals surface area contributed by atoms with Crippen LogP contribution >= 0.6 is 11.3 Å². The zero-order valence-electron chi connectivity index (χ0n) is 12.0. The third kappa shape index (κ3) is 2.57. The van der Waals surface area contributed by atoms with Crippen LogP contribution in [0.5, 0.6) is 0 Å². The maximum absolute atomic E-state index is 5.91. The molecule has 1 fully saturated rings. The molecule has 1 aliphatic rings. The molecule has 2 unspecified atom stereocenters. The summed E-state index contributed by atoms with van der Waals surface area (Å²) in [6.45, 7) is 6.58. The first-order valence-corrected chi connectivity index (χ1v) is 8.00. The number of fused-ring (bicyclic) bond motifs is 1. The first kappa shape index (κ1) is 13.9. The van der Waals surface area contributed by atoms with Gasteiger partial charge in [-0.05, 0) is 18.8 Å². The SMILES string of the molecule is CC(C)CC(CN)c1nn2c(C3CCOC3)nnc2s1. The lowest BCUT2D eigenvalue weighted by molar-refractivity contribution is 0.193. The molecule has 2 aromatic rings. The smallest absolute Gasteiger partial charge is 0.234 e. The number of hydrogen-bond acceptors (Lipinski definition) is 6. The number of aromatic nitrogens is 4. The van der Waals surface area contributed by atoms with Crippen LogP contribution in [0.15, 0.2) is 0 Å². The molecule has 0 radical (unpaired) electrons. The molecule has 110 valence electrons. The molecule has 7 heteroatoms. The van der Waals surface area contributed by atoms with Gasteiger partial charge in [-0.3, -0.25) is 0 Å². The maximum atomic E-state index is 5.91. The van der Waals surface area contributed by atoms with E-state index >= 15 is 0 Å². The van der Waals surface area contributed by atoms with Gasteiger partial charge >= 0.3 is 0 Å². The lowest BCUT2D eigenvalue weighted by Gasteiger charge is -2.13. The topological polar surface area (TPSA) is 78.3 Å². The summed E-state index contributed by atoms with van der Waals surface area (Å²) >= 11 is 1.61. The zero-order valence-corrected chi connectivity index (χ0v) is 12.8. The van der Waals surface area contributed by atoms with Gasteiger partial charge in [0, 0.05) is 25.0 Å². The first-order chi connectivity index (χ1) is 9.69. The van der Waals surface area contributed by atoms with E-state index in [1.54, 1.807) is 11.3 Å². The van der Waals surface area contributed by atoms with Crippen LogP contribution in [0.3, 0.4) is 0 Å². The Hall–Kier alpha value is -1.05. The van der Waals surface area contributed by atoms with E-state index in [1.807, 2.05) is 4.52 Å². The predicted octanol–water partition coefficient (Wildman–Crippen LogP) is 1.78. The van der Waals surface area contributed by atoms with Crippen molar-refractivity contribution in [3.8, 4) is 0 Å². The van der Waals surface area contributed by atoms with Crippen LogP contribution < -0.4 is 5.73 Å². The first-order valence-electron chi connectivity index (χ1n) is 7.19. The molecule has 1 aliphatic heterocycles. The molecule has 0 aliphatic carbocycles. The second-order valence-corrected chi connectivity index (χ2v) is 6.80. The monoisotopic (exact) mass is 295 g/mol. The van der Waals surface area contributed by atoms with E-state index in [-0.39, 0.29) is 0 Å². The van der Waals surface area contributed by atoms with E-state index in [1.165, 1.54) is 0 Å². The predicted molar refractivity (Wildman–Crippen MR) is 78.1 cm³/mol. The molecule has 0 amide bonds. The van der Waals surface area contributed by atoms with Crippen LogP contribution in [0.25, 0.3) is 4.96 Å². The van der Waals surface area contributed by atoms with E-state index in [2.05, 4.69) is 24.0 Å². The Balaban J connectivity index is 1.90. The fourth-order valence-electron chi connectivity index (χ4n) is 2.67. The van der Waals surface area contributed by atoms with Gasteiger partial charge in [0.25, 0.3) is 0 Å². The summed E-state index contributed by atoms with van der Waals surface area (Å²) in [5, 5.41) is 14.3. The van der Waals surface area contributed by atoms with Crippen molar-refractivity contribution in [2.24, 2.45) is 11.7 Å². The van der Waals surface area contributed by atoms with Gasteiger partial charge < -0.3 is 10.5 Å². The third-order valence-corrected chi connectivity index (χ3v) is 4.78. The summed E-state index contributed by atoms with van der Waals surface area (Å²) in [5.74, 6) is 2.18. The van der Waals surface area contributed by atoms with Gasteiger partial charge in [0.2, 0.25) is 4.96 Å². The second kappa shape index (κ2) is 5.75. The Morgan fingerprint density at radius 1 is 1.45 bits per heavy atom. The molecule has 3 rings (SSSR count). The molecule has 0 aromatic carbocycles. The lowest BCUT2D eigenvalue weighted by Crippen LogP contribution is -2.15. The molecular weight excluding hydrogens is 274 g/mol. The number of ether oxygens (including phenoxy) is 1. The minimum Gasteiger partial charge on any atom is -0.381 e. The minimum atomic E-state index is 0.314. The molecule has 0 bridgehead atoms. The van der Waals surface area contributed by atoms with E-state index in [9.17, 15) is 0 Å². The number of nitrogens with zero attached hydrogens (tertiary/aromatic N) is 4. The Labute approximate surface area is 122 Å². The quantitative estimate of drug-likeness (QED) is 0.909. The molecule has 2 atom stereocenters. The van der Waals surface area contributed by atoms with Gasteiger partial charge in [0.05, 0.1) is 6.61 Å². The molecule has 3 heterocycles. The summed E-state index contributed by atoms with van der Waals surface area (Å²) in [6, 6.07) is 0. The van der Waals surface area contributed by atoms with Crippen molar-refractivity contribution in [3.63, 3.8) is 0 Å². The summed E-state index contributed by atoms with van der Waals surface area (Å²) in [4.78, 5) is 0.865. The van der Waals surface area contributed by atoms with Gasteiger partial charge in [-0.25, -0.2) is 0 Å². The minimum absolute atomic E-state index is 0.314. The van der Waals surface area contributed by atoms with Crippen molar-refractivity contribution in [1.82, 2.24) is 19.8 Å². The molecule has 20 heavy (non-hydrogen) atoms. The van der Waals surface area contributed by atoms with Crippen molar-refractivity contribution >= 4 is 16.3 Å². The number of nitrogens with two attached hydrogens (primary N) is 1. The van der Waals surface area contributed by atoms with Crippen LogP contribution in [0.1, 0.15) is 49.4 Å². The summed E-state index contributed by atoms with van der Waals surface area (Å²) in [5.41, 5.74) is 5.91. The highest BCUT2D eigenvalue weighted by molar-refractivity contribution is 7.16. The van der Waals surface area contributed by atoms with Crippen LogP contribution in [-0.2, 0) is 4.74 Å². The molecule has 2 N–H and O–H groups in total. The fourth-order valence-corrected chi connectivity index (χ4v) is 3.64. The van der Waals surface area contributed by atoms with Crippen molar-refractivity contribution in [3.05, 3.63) is 10.8 Å². The third-order valence-electron chi connectivity index (χ3n) is 3.72. The van der Waals surface area contributed by atoms with Gasteiger partial charge in [0.1, 0.15) is 5.01 Å². The molecule has 1 saturated heterocycles. The van der Waals surface area contributed by atoms with Crippen LogP contribution in [0, 0.1) is 5.92 Å². The lowest BCUT2D eigenvalue weighted by atomic mass is 9.98. The van der Waals surface area contributed by atoms with E-state index < -0.39 is 0 Å². The highest BCUT2D eigenvalue weighted by Crippen LogP contribution is 2.30. The van der Waals surface area contributed by atoms with Crippen LogP contribution in [0.2, 0.25) is 0 Å². The Morgan fingerprint density at radius 3 is 2.95 bits per heavy atom. The normalized spacial score (nSPS) is 21.1. The average molecular weight is 295 g/mol. The maximum Gasteiger partial charge on any atom is 0.234 e. The molecular formula is C13H21N5OS. The van der Waals surface area contributed by atoms with Crippen molar-refractivity contribution in [2.75, 3.05) is 19.8 Å².